The average molecular weight is 234 g/mol. The topological polar surface area (TPSA) is 49.4 Å². The van der Waals surface area contributed by atoms with Crippen molar-refractivity contribution >= 4 is 10.0 Å². The lowest BCUT2D eigenvalue weighted by molar-refractivity contribution is 0.269. The zero-order valence-electron chi connectivity index (χ0n) is 9.86. The van der Waals surface area contributed by atoms with Crippen LogP contribution in [-0.4, -0.2) is 43.6 Å². The molecule has 1 heterocycles. The van der Waals surface area contributed by atoms with Gasteiger partial charge in [0.05, 0.1) is 5.25 Å². The van der Waals surface area contributed by atoms with E-state index in [4.69, 9.17) is 0 Å². The fourth-order valence-corrected chi connectivity index (χ4v) is 3.54. The van der Waals surface area contributed by atoms with E-state index in [0.29, 0.717) is 6.54 Å². The van der Waals surface area contributed by atoms with Crippen molar-refractivity contribution in [1.82, 2.24) is 9.62 Å². The monoisotopic (exact) mass is 234 g/mol. The lowest BCUT2D eigenvalue weighted by Crippen LogP contribution is -2.48. The minimum atomic E-state index is -3.08. The fraction of sp³-hybridized carbons (Fsp3) is 1.00. The summed E-state index contributed by atoms with van der Waals surface area (Å²) in [7, 11) is -3.08. The second-order valence-electron chi connectivity index (χ2n) is 4.28. The van der Waals surface area contributed by atoms with Crippen LogP contribution in [0.2, 0.25) is 0 Å². The molecule has 90 valence electrons. The van der Waals surface area contributed by atoms with E-state index < -0.39 is 10.0 Å². The Balaban J connectivity index is 2.78. The number of hydrogen-bond donors (Lipinski definition) is 1. The van der Waals surface area contributed by atoms with Crippen molar-refractivity contribution in [2.45, 2.75) is 44.9 Å². The van der Waals surface area contributed by atoms with Crippen LogP contribution in [0.1, 0.15) is 33.6 Å². The fourth-order valence-electron chi connectivity index (χ4n) is 2.01. The van der Waals surface area contributed by atoms with Crippen LogP contribution in [0.15, 0.2) is 0 Å². The molecule has 0 aromatic heterocycles. The molecule has 1 aliphatic rings. The van der Waals surface area contributed by atoms with Gasteiger partial charge in [0.1, 0.15) is 0 Å². The van der Waals surface area contributed by atoms with E-state index >= 15 is 0 Å². The van der Waals surface area contributed by atoms with E-state index in [9.17, 15) is 8.42 Å². The molecule has 0 aromatic carbocycles. The molecule has 15 heavy (non-hydrogen) atoms. The standard InChI is InChI=1S/C10H22N2O2S/c1-4-12(15(13,14)9(2)3)10-5-7-11-8-6-10/h9-11H,4-8H2,1-3H3. The summed E-state index contributed by atoms with van der Waals surface area (Å²) in [5, 5.41) is 2.94. The predicted molar refractivity (Wildman–Crippen MR) is 62.3 cm³/mol. The van der Waals surface area contributed by atoms with Gasteiger partial charge in [-0.05, 0) is 39.8 Å². The van der Waals surface area contributed by atoms with Crippen LogP contribution < -0.4 is 5.32 Å². The Labute approximate surface area is 93.1 Å². The van der Waals surface area contributed by atoms with Crippen molar-refractivity contribution in [3.8, 4) is 0 Å². The maximum Gasteiger partial charge on any atom is 0.216 e. The predicted octanol–water partition coefficient (Wildman–Crippen LogP) is 0.798. The van der Waals surface area contributed by atoms with E-state index in [1.54, 1.807) is 18.2 Å². The third kappa shape index (κ3) is 2.92. The quantitative estimate of drug-likeness (QED) is 0.783. The zero-order valence-corrected chi connectivity index (χ0v) is 10.7. The van der Waals surface area contributed by atoms with Crippen LogP contribution in [0.5, 0.6) is 0 Å². The highest BCUT2D eigenvalue weighted by molar-refractivity contribution is 7.89. The molecule has 1 aliphatic heterocycles. The van der Waals surface area contributed by atoms with Crippen LogP contribution in [0.4, 0.5) is 0 Å². The maximum atomic E-state index is 12.1. The largest absolute Gasteiger partial charge is 0.317 e. The molecule has 0 amide bonds. The lowest BCUT2D eigenvalue weighted by atomic mass is 10.1. The van der Waals surface area contributed by atoms with Gasteiger partial charge in [0.15, 0.2) is 0 Å². The van der Waals surface area contributed by atoms with Crippen LogP contribution in [0.25, 0.3) is 0 Å². The molecule has 1 rings (SSSR count). The first kappa shape index (κ1) is 12.9. The highest BCUT2D eigenvalue weighted by Gasteiger charge is 2.31. The van der Waals surface area contributed by atoms with Gasteiger partial charge in [0.25, 0.3) is 0 Å². The Bertz CT molecular complexity index is 282. The Morgan fingerprint density at radius 1 is 1.33 bits per heavy atom. The molecule has 0 unspecified atom stereocenters. The van der Waals surface area contributed by atoms with E-state index in [2.05, 4.69) is 5.32 Å². The molecule has 0 bridgehead atoms. The van der Waals surface area contributed by atoms with Gasteiger partial charge in [-0.2, -0.15) is 4.31 Å². The molecule has 4 nitrogen and oxygen atoms in total. The summed E-state index contributed by atoms with van der Waals surface area (Å²) in [4.78, 5) is 0. The van der Waals surface area contributed by atoms with Gasteiger partial charge in [0.2, 0.25) is 10.0 Å². The number of nitrogens with one attached hydrogen (secondary N) is 1. The van der Waals surface area contributed by atoms with Crippen LogP contribution in [0, 0.1) is 0 Å². The first-order chi connectivity index (χ1) is 7.00. The number of hydrogen-bond acceptors (Lipinski definition) is 3. The van der Waals surface area contributed by atoms with Gasteiger partial charge in [-0.1, -0.05) is 6.92 Å². The van der Waals surface area contributed by atoms with E-state index in [-0.39, 0.29) is 11.3 Å². The SMILES string of the molecule is CCN(C1CCNCC1)S(=O)(=O)C(C)C. The molecule has 0 saturated carbocycles. The number of rotatable bonds is 4. The average Bonchev–Trinajstić information content (AvgIpc) is 2.19. The smallest absolute Gasteiger partial charge is 0.216 e. The second kappa shape index (κ2) is 5.27. The molecule has 5 heteroatoms. The maximum absolute atomic E-state index is 12.1. The first-order valence-corrected chi connectivity index (χ1v) is 7.21. The van der Waals surface area contributed by atoms with Gasteiger partial charge < -0.3 is 5.32 Å². The molecule has 1 N–H and O–H groups in total. The summed E-state index contributed by atoms with van der Waals surface area (Å²) in [6.07, 6.45) is 1.86. The molecule has 0 radical (unpaired) electrons. The summed E-state index contributed by atoms with van der Waals surface area (Å²) < 4.78 is 25.8. The Hall–Kier alpha value is -0.130. The molecule has 0 atom stereocenters. The summed E-state index contributed by atoms with van der Waals surface area (Å²) in [6, 6.07) is 0.198. The van der Waals surface area contributed by atoms with Gasteiger partial charge >= 0.3 is 0 Å². The van der Waals surface area contributed by atoms with Crippen LogP contribution in [-0.2, 0) is 10.0 Å². The van der Waals surface area contributed by atoms with Crippen molar-refractivity contribution in [2.75, 3.05) is 19.6 Å². The summed E-state index contributed by atoms with van der Waals surface area (Å²) in [5.74, 6) is 0. The first-order valence-electron chi connectivity index (χ1n) is 5.71. The normalized spacial score (nSPS) is 20.1. The minimum absolute atomic E-state index is 0.198. The third-order valence-corrected chi connectivity index (χ3v) is 5.35. The molecule has 0 aromatic rings. The number of piperidine rings is 1. The Kier molecular flexibility index (Phi) is 4.55. The lowest BCUT2D eigenvalue weighted by Gasteiger charge is -2.34. The number of nitrogens with zero attached hydrogens (tertiary/aromatic N) is 1. The van der Waals surface area contributed by atoms with E-state index in [1.165, 1.54) is 0 Å². The van der Waals surface area contributed by atoms with Crippen molar-refractivity contribution in [1.29, 1.82) is 0 Å². The van der Waals surface area contributed by atoms with Crippen molar-refractivity contribution in [2.24, 2.45) is 0 Å². The Morgan fingerprint density at radius 3 is 2.27 bits per heavy atom. The molecule has 0 aliphatic carbocycles. The summed E-state index contributed by atoms with van der Waals surface area (Å²) >= 11 is 0. The van der Waals surface area contributed by atoms with Gasteiger partial charge in [-0.25, -0.2) is 8.42 Å². The second-order valence-corrected chi connectivity index (χ2v) is 6.72. The Morgan fingerprint density at radius 2 is 1.87 bits per heavy atom. The highest BCUT2D eigenvalue weighted by Crippen LogP contribution is 2.18. The zero-order chi connectivity index (χ0) is 11.5. The minimum Gasteiger partial charge on any atom is -0.317 e. The summed E-state index contributed by atoms with van der Waals surface area (Å²) in [6.45, 7) is 7.86. The van der Waals surface area contributed by atoms with E-state index in [0.717, 1.165) is 25.9 Å². The summed E-state index contributed by atoms with van der Waals surface area (Å²) in [5.41, 5.74) is 0. The van der Waals surface area contributed by atoms with Crippen molar-refractivity contribution < 1.29 is 8.42 Å². The third-order valence-electron chi connectivity index (χ3n) is 2.95. The van der Waals surface area contributed by atoms with Gasteiger partial charge in [-0.15, -0.1) is 0 Å². The van der Waals surface area contributed by atoms with Gasteiger partial charge in [0, 0.05) is 12.6 Å². The molecule has 1 saturated heterocycles. The molecular formula is C10H22N2O2S. The van der Waals surface area contributed by atoms with Crippen LogP contribution in [0.3, 0.4) is 0 Å². The van der Waals surface area contributed by atoms with Crippen molar-refractivity contribution in [3.63, 3.8) is 0 Å². The highest BCUT2D eigenvalue weighted by atomic mass is 32.2. The molecular weight excluding hydrogens is 212 g/mol. The van der Waals surface area contributed by atoms with Gasteiger partial charge in [-0.3, -0.25) is 0 Å². The molecule has 0 spiro atoms. The van der Waals surface area contributed by atoms with E-state index in [1.807, 2.05) is 6.92 Å². The van der Waals surface area contributed by atoms with Crippen molar-refractivity contribution in [3.05, 3.63) is 0 Å². The van der Waals surface area contributed by atoms with Crippen LogP contribution >= 0.6 is 0 Å². The number of sulfonamides is 1. The molecule has 1 fully saturated rings.